The number of amides is 1. The average molecular weight is 394 g/mol. The number of ether oxygens (including phenoxy) is 2. The number of piperazine rings is 1. The van der Waals surface area contributed by atoms with Gasteiger partial charge in [0.05, 0.1) is 13.7 Å². The summed E-state index contributed by atoms with van der Waals surface area (Å²) in [4.78, 5) is 17.4. The van der Waals surface area contributed by atoms with Crippen LogP contribution in [-0.4, -0.2) is 50.7 Å². The Morgan fingerprint density at radius 3 is 2.45 bits per heavy atom. The standard InChI is InChI=1S/C23H26N2O4/c1-3-28-16-20-19-6-4-5-7-21(19)29-22(20)23(26)25-14-12-24(13-15-25)17-8-10-18(27-2)11-9-17/h4-11H,3,12-16H2,1-2H3. The van der Waals surface area contributed by atoms with Gasteiger partial charge in [0.2, 0.25) is 0 Å². The zero-order chi connectivity index (χ0) is 20.2. The Balaban J connectivity index is 1.49. The van der Waals surface area contributed by atoms with E-state index < -0.39 is 0 Å². The van der Waals surface area contributed by atoms with Crippen molar-refractivity contribution in [1.29, 1.82) is 0 Å². The fourth-order valence-corrected chi connectivity index (χ4v) is 3.72. The Kier molecular flexibility index (Phi) is 5.71. The number of furan rings is 1. The van der Waals surface area contributed by atoms with E-state index in [9.17, 15) is 4.79 Å². The van der Waals surface area contributed by atoms with Crippen molar-refractivity contribution < 1.29 is 18.7 Å². The summed E-state index contributed by atoms with van der Waals surface area (Å²) >= 11 is 0. The monoisotopic (exact) mass is 394 g/mol. The molecule has 152 valence electrons. The number of carbonyl (C=O) groups is 1. The van der Waals surface area contributed by atoms with Crippen LogP contribution >= 0.6 is 0 Å². The number of para-hydroxylation sites is 1. The normalized spacial score (nSPS) is 14.4. The number of hydrogen-bond acceptors (Lipinski definition) is 5. The molecule has 0 atom stereocenters. The molecule has 0 radical (unpaired) electrons. The summed E-state index contributed by atoms with van der Waals surface area (Å²) in [5, 5.41) is 0.946. The van der Waals surface area contributed by atoms with Crippen LogP contribution in [-0.2, 0) is 11.3 Å². The molecule has 0 bridgehead atoms. The summed E-state index contributed by atoms with van der Waals surface area (Å²) in [6, 6.07) is 15.8. The van der Waals surface area contributed by atoms with Gasteiger partial charge >= 0.3 is 0 Å². The summed E-state index contributed by atoms with van der Waals surface area (Å²) in [5.41, 5.74) is 2.70. The lowest BCUT2D eigenvalue weighted by atomic mass is 10.1. The highest BCUT2D eigenvalue weighted by atomic mass is 16.5. The fraction of sp³-hybridized carbons (Fsp3) is 0.348. The highest BCUT2D eigenvalue weighted by molar-refractivity contribution is 5.99. The van der Waals surface area contributed by atoms with Crippen molar-refractivity contribution >= 4 is 22.6 Å². The first-order valence-electron chi connectivity index (χ1n) is 9.97. The van der Waals surface area contributed by atoms with Crippen molar-refractivity contribution in [2.24, 2.45) is 0 Å². The van der Waals surface area contributed by atoms with Crippen LogP contribution in [0.15, 0.2) is 52.9 Å². The Morgan fingerprint density at radius 2 is 1.76 bits per heavy atom. The number of methoxy groups -OCH3 is 1. The second-order valence-corrected chi connectivity index (χ2v) is 7.02. The molecule has 0 aliphatic carbocycles. The van der Waals surface area contributed by atoms with Gasteiger partial charge in [-0.2, -0.15) is 0 Å². The van der Waals surface area contributed by atoms with E-state index in [0.717, 1.165) is 41.1 Å². The highest BCUT2D eigenvalue weighted by Crippen LogP contribution is 2.28. The van der Waals surface area contributed by atoms with Crippen molar-refractivity contribution in [2.45, 2.75) is 13.5 Å². The molecular formula is C23H26N2O4. The smallest absolute Gasteiger partial charge is 0.290 e. The van der Waals surface area contributed by atoms with Crippen molar-refractivity contribution in [2.75, 3.05) is 44.8 Å². The predicted octanol–water partition coefficient (Wildman–Crippen LogP) is 3.94. The van der Waals surface area contributed by atoms with E-state index in [1.165, 1.54) is 0 Å². The average Bonchev–Trinajstić information content (AvgIpc) is 3.16. The Morgan fingerprint density at radius 1 is 1.03 bits per heavy atom. The zero-order valence-electron chi connectivity index (χ0n) is 16.9. The number of anilines is 1. The molecule has 2 heterocycles. The first kappa shape index (κ1) is 19.3. The van der Waals surface area contributed by atoms with Crippen molar-refractivity contribution in [3.05, 3.63) is 59.9 Å². The van der Waals surface area contributed by atoms with Gasteiger partial charge in [-0.25, -0.2) is 0 Å². The number of carbonyl (C=O) groups excluding carboxylic acids is 1. The van der Waals surface area contributed by atoms with Crippen molar-refractivity contribution in [3.8, 4) is 5.75 Å². The second kappa shape index (κ2) is 8.57. The summed E-state index contributed by atoms with van der Waals surface area (Å²) in [6.45, 7) is 5.76. The molecule has 1 aromatic heterocycles. The Bertz CT molecular complexity index is 972. The fourth-order valence-electron chi connectivity index (χ4n) is 3.72. The van der Waals surface area contributed by atoms with Gasteiger partial charge in [0.15, 0.2) is 5.76 Å². The summed E-state index contributed by atoms with van der Waals surface area (Å²) in [6.07, 6.45) is 0. The maximum Gasteiger partial charge on any atom is 0.290 e. The third-order valence-corrected chi connectivity index (χ3v) is 5.35. The van der Waals surface area contributed by atoms with Crippen molar-refractivity contribution in [1.82, 2.24) is 4.90 Å². The van der Waals surface area contributed by atoms with Gasteiger partial charge in [0, 0.05) is 49.4 Å². The minimum absolute atomic E-state index is 0.0646. The molecule has 1 fully saturated rings. The van der Waals surface area contributed by atoms with E-state index in [4.69, 9.17) is 13.9 Å². The predicted molar refractivity (Wildman–Crippen MR) is 113 cm³/mol. The lowest BCUT2D eigenvalue weighted by Crippen LogP contribution is -2.48. The van der Waals surface area contributed by atoms with E-state index in [1.54, 1.807) is 7.11 Å². The second-order valence-electron chi connectivity index (χ2n) is 7.02. The number of hydrogen-bond donors (Lipinski definition) is 0. The van der Waals surface area contributed by atoms with Crippen LogP contribution in [0.25, 0.3) is 11.0 Å². The number of fused-ring (bicyclic) bond motifs is 1. The molecular weight excluding hydrogens is 368 g/mol. The molecule has 0 saturated carbocycles. The molecule has 1 saturated heterocycles. The zero-order valence-corrected chi connectivity index (χ0v) is 16.9. The molecule has 4 rings (SSSR count). The van der Waals surface area contributed by atoms with Crippen LogP contribution in [0.4, 0.5) is 5.69 Å². The molecule has 3 aromatic rings. The molecule has 0 N–H and O–H groups in total. The molecule has 1 aliphatic heterocycles. The van der Waals surface area contributed by atoms with Crippen LogP contribution in [0.1, 0.15) is 23.0 Å². The van der Waals surface area contributed by atoms with Gasteiger partial charge in [0.25, 0.3) is 5.91 Å². The van der Waals surface area contributed by atoms with Gasteiger partial charge in [-0.05, 0) is 37.3 Å². The van der Waals surface area contributed by atoms with Crippen molar-refractivity contribution in [3.63, 3.8) is 0 Å². The molecule has 6 heteroatoms. The van der Waals surface area contributed by atoms with Crippen LogP contribution in [0.3, 0.4) is 0 Å². The Hall–Kier alpha value is -2.99. The van der Waals surface area contributed by atoms with Gasteiger partial charge in [0.1, 0.15) is 11.3 Å². The third-order valence-electron chi connectivity index (χ3n) is 5.35. The first-order valence-corrected chi connectivity index (χ1v) is 9.97. The molecule has 29 heavy (non-hydrogen) atoms. The molecule has 1 aliphatic rings. The van der Waals surface area contributed by atoms with E-state index in [1.807, 2.05) is 48.2 Å². The van der Waals surface area contributed by atoms with Gasteiger partial charge < -0.3 is 23.7 Å². The lowest BCUT2D eigenvalue weighted by Gasteiger charge is -2.35. The third kappa shape index (κ3) is 3.93. The topological polar surface area (TPSA) is 55.2 Å². The van der Waals surface area contributed by atoms with Crippen LogP contribution < -0.4 is 9.64 Å². The van der Waals surface area contributed by atoms with Crippen LogP contribution in [0, 0.1) is 0 Å². The minimum atomic E-state index is -0.0646. The lowest BCUT2D eigenvalue weighted by molar-refractivity contribution is 0.0706. The van der Waals surface area contributed by atoms with E-state index in [0.29, 0.717) is 32.1 Å². The largest absolute Gasteiger partial charge is 0.497 e. The van der Waals surface area contributed by atoms with Crippen LogP contribution in [0.5, 0.6) is 5.75 Å². The first-order chi connectivity index (χ1) is 14.2. The molecule has 1 amide bonds. The Labute approximate surface area is 170 Å². The number of benzene rings is 2. The van der Waals surface area contributed by atoms with E-state index in [2.05, 4.69) is 17.0 Å². The molecule has 0 spiro atoms. The number of nitrogens with zero attached hydrogens (tertiary/aromatic N) is 2. The van der Waals surface area contributed by atoms with Gasteiger partial charge in [-0.15, -0.1) is 0 Å². The SMILES string of the molecule is CCOCc1c(C(=O)N2CCN(c3ccc(OC)cc3)CC2)oc2ccccc12. The molecule has 0 unspecified atom stereocenters. The summed E-state index contributed by atoms with van der Waals surface area (Å²) in [7, 11) is 1.66. The van der Waals surface area contributed by atoms with Crippen LogP contribution in [0.2, 0.25) is 0 Å². The van der Waals surface area contributed by atoms with Gasteiger partial charge in [-0.3, -0.25) is 4.79 Å². The maximum atomic E-state index is 13.2. The minimum Gasteiger partial charge on any atom is -0.497 e. The molecule has 2 aromatic carbocycles. The van der Waals surface area contributed by atoms with Gasteiger partial charge in [-0.1, -0.05) is 18.2 Å². The van der Waals surface area contributed by atoms with E-state index >= 15 is 0 Å². The maximum absolute atomic E-state index is 13.2. The summed E-state index contributed by atoms with van der Waals surface area (Å²) in [5.74, 6) is 1.18. The summed E-state index contributed by atoms with van der Waals surface area (Å²) < 4.78 is 16.8. The van der Waals surface area contributed by atoms with E-state index in [-0.39, 0.29) is 5.91 Å². The molecule has 6 nitrogen and oxygen atoms in total. The quantitative estimate of drug-likeness (QED) is 0.634. The number of rotatable bonds is 6. The highest BCUT2D eigenvalue weighted by Gasteiger charge is 2.28.